The minimum Gasteiger partial charge on any atom is -0.384 e. The van der Waals surface area contributed by atoms with Crippen molar-refractivity contribution in [2.24, 2.45) is 5.92 Å². The zero-order chi connectivity index (χ0) is 19.2. The summed E-state index contributed by atoms with van der Waals surface area (Å²) in [6, 6.07) is 4.78. The van der Waals surface area contributed by atoms with Crippen LogP contribution in [0, 0.1) is 5.92 Å². The molecule has 0 radical (unpaired) electrons. The molecule has 1 aromatic rings. The van der Waals surface area contributed by atoms with Gasteiger partial charge in [0.25, 0.3) is 0 Å². The van der Waals surface area contributed by atoms with Crippen LogP contribution in [0.3, 0.4) is 0 Å². The van der Waals surface area contributed by atoms with Crippen LogP contribution in [0.15, 0.2) is 23.1 Å². The molecule has 2 rings (SSSR count). The zero-order valence-corrected chi connectivity index (χ0v) is 16.4. The largest absolute Gasteiger partial charge is 0.384 e. The molecule has 0 aromatic heterocycles. The van der Waals surface area contributed by atoms with Crippen LogP contribution in [0.25, 0.3) is 0 Å². The Morgan fingerprint density at radius 1 is 1.27 bits per heavy atom. The number of ether oxygens (including phenoxy) is 1. The summed E-state index contributed by atoms with van der Waals surface area (Å²) in [7, 11) is -1.84. The number of sulfonamides is 1. The highest BCUT2D eigenvalue weighted by molar-refractivity contribution is 7.89. The third-order valence-electron chi connectivity index (χ3n) is 4.18. The van der Waals surface area contributed by atoms with Crippen LogP contribution in [-0.4, -0.2) is 65.1 Å². The van der Waals surface area contributed by atoms with Crippen LogP contribution in [-0.2, 0) is 19.6 Å². The lowest BCUT2D eigenvalue weighted by atomic mass is 10.1. The van der Waals surface area contributed by atoms with E-state index in [2.05, 4.69) is 16.0 Å². The van der Waals surface area contributed by atoms with E-state index < -0.39 is 10.0 Å². The Morgan fingerprint density at radius 3 is 2.58 bits per heavy atom. The molecule has 1 aliphatic heterocycles. The Labute approximate surface area is 155 Å². The molecule has 1 amide bonds. The summed E-state index contributed by atoms with van der Waals surface area (Å²) >= 11 is 0. The fraction of sp³-hybridized carbons (Fsp3) is 0.588. The number of hydrogen-bond acceptors (Lipinski definition) is 6. The van der Waals surface area contributed by atoms with E-state index in [1.54, 1.807) is 19.2 Å². The van der Waals surface area contributed by atoms with Crippen molar-refractivity contribution in [2.75, 3.05) is 57.1 Å². The Morgan fingerprint density at radius 2 is 1.96 bits per heavy atom. The number of nitrogens with zero attached hydrogens (tertiary/aromatic N) is 1. The summed E-state index contributed by atoms with van der Waals surface area (Å²) in [5.74, 6) is -0.409. The lowest BCUT2D eigenvalue weighted by Gasteiger charge is -2.26. The predicted octanol–water partition coefficient (Wildman–Crippen LogP) is 0.933. The lowest BCUT2D eigenvalue weighted by Crippen LogP contribution is -2.40. The number of carbonyl (C=O) groups is 1. The van der Waals surface area contributed by atoms with Gasteiger partial charge in [-0.15, -0.1) is 0 Å². The fourth-order valence-electron chi connectivity index (χ4n) is 2.72. The maximum atomic E-state index is 12.9. The number of anilines is 2. The number of benzene rings is 1. The normalized spacial score (nSPS) is 16.9. The van der Waals surface area contributed by atoms with Gasteiger partial charge in [-0.05, 0) is 32.2 Å². The molecule has 3 N–H and O–H groups in total. The van der Waals surface area contributed by atoms with Gasteiger partial charge < -0.3 is 20.7 Å². The third kappa shape index (κ3) is 4.94. The first-order chi connectivity index (χ1) is 12.4. The molecule has 1 unspecified atom stereocenters. The van der Waals surface area contributed by atoms with E-state index in [4.69, 9.17) is 4.74 Å². The molecule has 1 atom stereocenters. The van der Waals surface area contributed by atoms with Crippen molar-refractivity contribution in [1.82, 2.24) is 9.62 Å². The van der Waals surface area contributed by atoms with Gasteiger partial charge in [-0.1, -0.05) is 6.92 Å². The maximum Gasteiger partial charge on any atom is 0.243 e. The van der Waals surface area contributed by atoms with Gasteiger partial charge in [-0.3, -0.25) is 4.79 Å². The van der Waals surface area contributed by atoms with Crippen LogP contribution in [0.1, 0.15) is 13.8 Å². The summed E-state index contributed by atoms with van der Waals surface area (Å²) < 4.78 is 32.4. The standard InChI is InChI=1S/C17H28N4O4S/c1-4-19-15-6-5-14(26(23,24)21-7-9-25-10-8-21)11-16(15)20-17(22)13(2)12-18-3/h5-6,11,13,18-19H,4,7-10,12H2,1-3H3,(H,20,22). The summed E-state index contributed by atoms with van der Waals surface area (Å²) in [4.78, 5) is 12.5. The summed E-state index contributed by atoms with van der Waals surface area (Å²) in [6.07, 6.45) is 0. The van der Waals surface area contributed by atoms with Gasteiger partial charge in [0.2, 0.25) is 15.9 Å². The fourth-order valence-corrected chi connectivity index (χ4v) is 4.16. The van der Waals surface area contributed by atoms with Crippen LogP contribution in [0.2, 0.25) is 0 Å². The SMILES string of the molecule is CCNc1ccc(S(=O)(=O)N2CCOCC2)cc1NC(=O)C(C)CNC. The highest BCUT2D eigenvalue weighted by Gasteiger charge is 2.27. The Balaban J connectivity index is 2.30. The Kier molecular flexibility index (Phi) is 7.39. The molecule has 1 aliphatic rings. The number of morpholine rings is 1. The van der Waals surface area contributed by atoms with Crippen molar-refractivity contribution in [3.63, 3.8) is 0 Å². The average Bonchev–Trinajstić information content (AvgIpc) is 2.64. The van der Waals surface area contributed by atoms with E-state index in [1.807, 2.05) is 13.8 Å². The maximum absolute atomic E-state index is 12.9. The van der Waals surface area contributed by atoms with Crippen molar-refractivity contribution >= 4 is 27.3 Å². The van der Waals surface area contributed by atoms with Gasteiger partial charge in [0.1, 0.15) is 0 Å². The van der Waals surface area contributed by atoms with Crippen LogP contribution >= 0.6 is 0 Å². The number of rotatable bonds is 8. The molecular weight excluding hydrogens is 356 g/mol. The topological polar surface area (TPSA) is 99.8 Å². The second-order valence-corrected chi connectivity index (χ2v) is 8.14. The van der Waals surface area contributed by atoms with Gasteiger partial charge >= 0.3 is 0 Å². The van der Waals surface area contributed by atoms with Crippen LogP contribution in [0.5, 0.6) is 0 Å². The van der Waals surface area contributed by atoms with E-state index in [-0.39, 0.29) is 16.7 Å². The van der Waals surface area contributed by atoms with Gasteiger partial charge in [-0.2, -0.15) is 4.31 Å². The van der Waals surface area contributed by atoms with E-state index in [9.17, 15) is 13.2 Å². The molecule has 0 bridgehead atoms. The minimum absolute atomic E-state index is 0.164. The van der Waals surface area contributed by atoms with E-state index >= 15 is 0 Å². The molecule has 1 heterocycles. The zero-order valence-electron chi connectivity index (χ0n) is 15.5. The lowest BCUT2D eigenvalue weighted by molar-refractivity contribution is -0.119. The van der Waals surface area contributed by atoms with E-state index in [0.29, 0.717) is 50.8 Å². The second kappa shape index (κ2) is 9.31. The van der Waals surface area contributed by atoms with Gasteiger partial charge in [0.15, 0.2) is 0 Å². The first-order valence-electron chi connectivity index (χ1n) is 8.81. The third-order valence-corrected chi connectivity index (χ3v) is 6.08. The first-order valence-corrected chi connectivity index (χ1v) is 10.3. The molecule has 0 saturated carbocycles. The minimum atomic E-state index is -3.62. The van der Waals surface area contributed by atoms with Crippen molar-refractivity contribution < 1.29 is 17.9 Å². The monoisotopic (exact) mass is 384 g/mol. The van der Waals surface area contributed by atoms with Crippen molar-refractivity contribution in [3.8, 4) is 0 Å². The van der Waals surface area contributed by atoms with Crippen molar-refractivity contribution in [2.45, 2.75) is 18.7 Å². The summed E-state index contributed by atoms with van der Waals surface area (Å²) in [5, 5.41) is 8.96. The van der Waals surface area contributed by atoms with Gasteiger partial charge in [0, 0.05) is 32.1 Å². The Bertz CT molecular complexity index is 717. The molecule has 0 spiro atoms. The quantitative estimate of drug-likeness (QED) is 0.617. The number of hydrogen-bond donors (Lipinski definition) is 3. The van der Waals surface area contributed by atoms with Crippen molar-refractivity contribution in [3.05, 3.63) is 18.2 Å². The first kappa shape index (κ1) is 20.6. The highest BCUT2D eigenvalue weighted by atomic mass is 32.2. The number of carbonyl (C=O) groups excluding carboxylic acids is 1. The van der Waals surface area contributed by atoms with Crippen molar-refractivity contribution in [1.29, 1.82) is 0 Å². The van der Waals surface area contributed by atoms with Crippen LogP contribution < -0.4 is 16.0 Å². The molecular formula is C17H28N4O4S. The average molecular weight is 385 g/mol. The van der Waals surface area contributed by atoms with Crippen LogP contribution in [0.4, 0.5) is 11.4 Å². The molecule has 1 aromatic carbocycles. The number of nitrogens with one attached hydrogen (secondary N) is 3. The predicted molar refractivity (Wildman–Crippen MR) is 102 cm³/mol. The molecule has 8 nitrogen and oxygen atoms in total. The molecule has 0 aliphatic carbocycles. The molecule has 26 heavy (non-hydrogen) atoms. The highest BCUT2D eigenvalue weighted by Crippen LogP contribution is 2.28. The summed E-state index contributed by atoms with van der Waals surface area (Å²) in [5.41, 5.74) is 1.16. The molecule has 146 valence electrons. The molecule has 1 fully saturated rings. The van der Waals surface area contributed by atoms with E-state index in [1.165, 1.54) is 10.4 Å². The van der Waals surface area contributed by atoms with Gasteiger partial charge in [-0.25, -0.2) is 8.42 Å². The van der Waals surface area contributed by atoms with E-state index in [0.717, 1.165) is 0 Å². The molecule has 1 saturated heterocycles. The Hall–Kier alpha value is -1.68. The number of amides is 1. The molecule has 9 heteroatoms. The van der Waals surface area contributed by atoms with Gasteiger partial charge in [0.05, 0.1) is 29.5 Å². The second-order valence-electron chi connectivity index (χ2n) is 6.20. The smallest absolute Gasteiger partial charge is 0.243 e. The summed E-state index contributed by atoms with van der Waals surface area (Å²) in [6.45, 7) is 6.38.